The SMILES string of the molecule is O=C(COc1ccccc1)Cc1cccc(Cl)c1. The van der Waals surface area contributed by atoms with E-state index in [0.29, 0.717) is 17.2 Å². The highest BCUT2D eigenvalue weighted by Gasteiger charge is 2.05. The second-order valence-electron chi connectivity index (χ2n) is 3.95. The fourth-order valence-corrected chi connectivity index (χ4v) is 1.82. The minimum Gasteiger partial charge on any atom is -0.486 e. The Morgan fingerprint density at radius 3 is 2.56 bits per heavy atom. The second kappa shape index (κ2) is 6.22. The van der Waals surface area contributed by atoms with E-state index in [1.54, 1.807) is 12.1 Å². The van der Waals surface area contributed by atoms with Gasteiger partial charge in [-0.05, 0) is 29.8 Å². The highest BCUT2D eigenvalue weighted by atomic mass is 35.5. The molecule has 92 valence electrons. The molecule has 2 aromatic rings. The normalized spacial score (nSPS) is 10.1. The quantitative estimate of drug-likeness (QED) is 0.822. The first-order chi connectivity index (χ1) is 8.74. The minimum atomic E-state index is 0.0288. The Kier molecular flexibility index (Phi) is 4.37. The van der Waals surface area contributed by atoms with E-state index in [9.17, 15) is 4.79 Å². The molecule has 0 amide bonds. The Morgan fingerprint density at radius 1 is 1.06 bits per heavy atom. The van der Waals surface area contributed by atoms with Gasteiger partial charge in [-0.2, -0.15) is 0 Å². The van der Waals surface area contributed by atoms with Gasteiger partial charge in [0.15, 0.2) is 5.78 Å². The Labute approximate surface area is 111 Å². The molecular weight excluding hydrogens is 248 g/mol. The molecule has 2 aromatic carbocycles. The summed E-state index contributed by atoms with van der Waals surface area (Å²) in [5, 5.41) is 0.643. The highest BCUT2D eigenvalue weighted by molar-refractivity contribution is 6.30. The van der Waals surface area contributed by atoms with E-state index >= 15 is 0 Å². The molecule has 0 spiro atoms. The van der Waals surface area contributed by atoms with Crippen molar-refractivity contribution in [3.63, 3.8) is 0 Å². The lowest BCUT2D eigenvalue weighted by Crippen LogP contribution is -2.13. The zero-order valence-corrected chi connectivity index (χ0v) is 10.6. The summed E-state index contributed by atoms with van der Waals surface area (Å²) in [6, 6.07) is 16.6. The molecule has 0 aliphatic heterocycles. The van der Waals surface area contributed by atoms with Crippen molar-refractivity contribution in [1.29, 1.82) is 0 Å². The molecule has 0 radical (unpaired) electrons. The third kappa shape index (κ3) is 3.90. The molecule has 0 unspecified atom stereocenters. The molecule has 0 atom stereocenters. The van der Waals surface area contributed by atoms with E-state index in [1.807, 2.05) is 42.5 Å². The van der Waals surface area contributed by atoms with Gasteiger partial charge in [-0.25, -0.2) is 0 Å². The lowest BCUT2D eigenvalue weighted by atomic mass is 10.1. The summed E-state index contributed by atoms with van der Waals surface area (Å²) in [6.07, 6.45) is 0.341. The lowest BCUT2D eigenvalue weighted by molar-refractivity contribution is -0.120. The number of halogens is 1. The van der Waals surface area contributed by atoms with Crippen LogP contribution in [0.3, 0.4) is 0 Å². The number of ether oxygens (including phenoxy) is 1. The molecule has 2 rings (SSSR count). The summed E-state index contributed by atoms with van der Waals surface area (Å²) in [5.41, 5.74) is 0.907. The molecule has 0 aliphatic carbocycles. The maximum Gasteiger partial charge on any atom is 0.174 e. The van der Waals surface area contributed by atoms with Crippen molar-refractivity contribution in [3.05, 3.63) is 65.2 Å². The monoisotopic (exact) mass is 260 g/mol. The number of rotatable bonds is 5. The van der Waals surface area contributed by atoms with Gasteiger partial charge < -0.3 is 4.74 Å². The van der Waals surface area contributed by atoms with Gasteiger partial charge in [-0.3, -0.25) is 4.79 Å². The van der Waals surface area contributed by atoms with E-state index in [2.05, 4.69) is 0 Å². The predicted octanol–water partition coefficient (Wildman–Crippen LogP) is 3.53. The van der Waals surface area contributed by atoms with Gasteiger partial charge >= 0.3 is 0 Å². The van der Waals surface area contributed by atoms with Crippen LogP contribution in [0, 0.1) is 0 Å². The van der Waals surface area contributed by atoms with Crippen LogP contribution in [-0.2, 0) is 11.2 Å². The number of ketones is 1. The van der Waals surface area contributed by atoms with Gasteiger partial charge in [0.05, 0.1) is 0 Å². The number of Topliss-reactive ketones (excluding diaryl/α,β-unsaturated/α-hetero) is 1. The zero-order chi connectivity index (χ0) is 12.8. The molecular formula is C15H13ClO2. The predicted molar refractivity (Wildman–Crippen MR) is 72.1 cm³/mol. The fourth-order valence-electron chi connectivity index (χ4n) is 1.61. The topological polar surface area (TPSA) is 26.3 Å². The van der Waals surface area contributed by atoms with Crippen LogP contribution >= 0.6 is 11.6 Å². The Bertz CT molecular complexity index is 523. The largest absolute Gasteiger partial charge is 0.486 e. The van der Waals surface area contributed by atoms with Crippen LogP contribution in [0.25, 0.3) is 0 Å². The number of hydrogen-bond donors (Lipinski definition) is 0. The highest BCUT2D eigenvalue weighted by Crippen LogP contribution is 2.12. The van der Waals surface area contributed by atoms with Crippen molar-refractivity contribution < 1.29 is 9.53 Å². The average Bonchev–Trinajstić information content (AvgIpc) is 2.38. The van der Waals surface area contributed by atoms with Crippen molar-refractivity contribution >= 4 is 17.4 Å². The van der Waals surface area contributed by atoms with Crippen molar-refractivity contribution in [2.45, 2.75) is 6.42 Å². The number of para-hydroxylation sites is 1. The second-order valence-corrected chi connectivity index (χ2v) is 4.38. The van der Waals surface area contributed by atoms with Crippen LogP contribution in [0.4, 0.5) is 0 Å². The lowest BCUT2D eigenvalue weighted by Gasteiger charge is -2.05. The van der Waals surface area contributed by atoms with Crippen LogP contribution in [0.1, 0.15) is 5.56 Å². The molecule has 0 aromatic heterocycles. The van der Waals surface area contributed by atoms with Crippen LogP contribution in [-0.4, -0.2) is 12.4 Å². The van der Waals surface area contributed by atoms with Crippen molar-refractivity contribution in [2.75, 3.05) is 6.61 Å². The molecule has 0 bridgehead atoms. The molecule has 2 nitrogen and oxygen atoms in total. The first-order valence-corrected chi connectivity index (χ1v) is 6.06. The molecule has 0 aliphatic rings. The third-order valence-corrected chi connectivity index (χ3v) is 2.67. The van der Waals surface area contributed by atoms with E-state index in [1.165, 1.54) is 0 Å². The summed E-state index contributed by atoms with van der Waals surface area (Å²) >= 11 is 5.86. The summed E-state index contributed by atoms with van der Waals surface area (Å²) in [4.78, 5) is 11.7. The minimum absolute atomic E-state index is 0.0288. The average molecular weight is 261 g/mol. The smallest absolute Gasteiger partial charge is 0.174 e. The van der Waals surface area contributed by atoms with E-state index in [4.69, 9.17) is 16.3 Å². The van der Waals surface area contributed by atoms with Gasteiger partial charge in [0, 0.05) is 11.4 Å². The van der Waals surface area contributed by atoms with Crippen molar-refractivity contribution in [2.24, 2.45) is 0 Å². The van der Waals surface area contributed by atoms with Crippen molar-refractivity contribution in [1.82, 2.24) is 0 Å². The Balaban J connectivity index is 1.86. The molecule has 3 heteroatoms. The van der Waals surface area contributed by atoms with E-state index in [0.717, 1.165) is 5.56 Å². The summed E-state index contributed by atoms with van der Waals surface area (Å²) in [5.74, 6) is 0.734. The van der Waals surface area contributed by atoms with E-state index in [-0.39, 0.29) is 12.4 Å². The van der Waals surface area contributed by atoms with Gasteiger partial charge in [0.2, 0.25) is 0 Å². The summed E-state index contributed by atoms with van der Waals surface area (Å²) in [7, 11) is 0. The summed E-state index contributed by atoms with van der Waals surface area (Å²) in [6.45, 7) is 0.0799. The van der Waals surface area contributed by atoms with Gasteiger partial charge in [-0.1, -0.05) is 41.9 Å². The Hall–Kier alpha value is -1.80. The standard InChI is InChI=1S/C15H13ClO2/c16-13-6-4-5-12(9-13)10-14(17)11-18-15-7-2-1-3-8-15/h1-9H,10-11H2. The first kappa shape index (κ1) is 12.7. The molecule has 0 fully saturated rings. The summed E-state index contributed by atoms with van der Waals surface area (Å²) < 4.78 is 5.39. The Morgan fingerprint density at radius 2 is 1.83 bits per heavy atom. The maximum absolute atomic E-state index is 11.7. The molecule has 0 saturated heterocycles. The van der Waals surface area contributed by atoms with Crippen molar-refractivity contribution in [3.8, 4) is 5.75 Å². The number of carbonyl (C=O) groups excluding carboxylic acids is 1. The van der Waals surface area contributed by atoms with Crippen LogP contribution in [0.2, 0.25) is 5.02 Å². The van der Waals surface area contributed by atoms with Crippen LogP contribution in [0.15, 0.2) is 54.6 Å². The zero-order valence-electron chi connectivity index (χ0n) is 9.80. The molecule has 0 N–H and O–H groups in total. The molecule has 18 heavy (non-hydrogen) atoms. The van der Waals surface area contributed by atoms with E-state index < -0.39 is 0 Å². The number of hydrogen-bond acceptors (Lipinski definition) is 2. The molecule has 0 saturated carbocycles. The van der Waals surface area contributed by atoms with Crippen LogP contribution < -0.4 is 4.74 Å². The maximum atomic E-state index is 11.7. The van der Waals surface area contributed by atoms with Gasteiger partial charge in [0.25, 0.3) is 0 Å². The van der Waals surface area contributed by atoms with Crippen LogP contribution in [0.5, 0.6) is 5.75 Å². The number of carbonyl (C=O) groups is 1. The third-order valence-electron chi connectivity index (χ3n) is 2.43. The number of benzene rings is 2. The van der Waals surface area contributed by atoms with Gasteiger partial charge in [0.1, 0.15) is 12.4 Å². The molecule has 0 heterocycles. The fraction of sp³-hybridized carbons (Fsp3) is 0.133. The first-order valence-electron chi connectivity index (χ1n) is 5.68. The van der Waals surface area contributed by atoms with Gasteiger partial charge in [-0.15, -0.1) is 0 Å².